The van der Waals surface area contributed by atoms with E-state index in [4.69, 9.17) is 4.74 Å². The molecule has 0 spiro atoms. The van der Waals surface area contributed by atoms with E-state index in [0.29, 0.717) is 0 Å². The molecule has 3 heterocycles. The fraction of sp³-hybridized carbons (Fsp3) is 0.233. The summed E-state index contributed by atoms with van der Waals surface area (Å²) in [6.45, 7) is 4.86. The molecule has 8 nitrogen and oxygen atoms in total. The zero-order valence-corrected chi connectivity index (χ0v) is 21.7. The summed E-state index contributed by atoms with van der Waals surface area (Å²) >= 11 is 0. The van der Waals surface area contributed by atoms with Gasteiger partial charge in [0.05, 0.1) is 36.7 Å². The minimum atomic E-state index is 0.729. The van der Waals surface area contributed by atoms with Gasteiger partial charge in [-0.25, -0.2) is 15.0 Å². The van der Waals surface area contributed by atoms with E-state index < -0.39 is 0 Å². The smallest absolute Gasteiger partial charge is 0.134 e. The molecule has 192 valence electrons. The van der Waals surface area contributed by atoms with Crippen molar-refractivity contribution < 1.29 is 4.74 Å². The summed E-state index contributed by atoms with van der Waals surface area (Å²) in [7, 11) is 3.86. The fourth-order valence-electron chi connectivity index (χ4n) is 5.04. The number of nitrogens with one attached hydrogen (secondary N) is 1. The maximum Gasteiger partial charge on any atom is 0.134 e. The molecule has 1 fully saturated rings. The third-order valence-corrected chi connectivity index (χ3v) is 7.11. The van der Waals surface area contributed by atoms with Gasteiger partial charge in [-0.05, 0) is 55.1 Å². The summed E-state index contributed by atoms with van der Waals surface area (Å²) in [6.07, 6.45) is 3.52. The van der Waals surface area contributed by atoms with E-state index in [-0.39, 0.29) is 0 Å². The molecule has 0 amide bonds. The second-order valence-electron chi connectivity index (χ2n) is 9.61. The summed E-state index contributed by atoms with van der Waals surface area (Å²) in [6, 6.07) is 24.7. The molecule has 3 aromatic carbocycles. The second kappa shape index (κ2) is 10.5. The Kier molecular flexibility index (Phi) is 6.62. The Bertz CT molecular complexity index is 1560. The lowest BCUT2D eigenvalue weighted by Gasteiger charge is -2.35. The van der Waals surface area contributed by atoms with Crippen LogP contribution in [0.4, 0.5) is 17.2 Å². The molecule has 0 bridgehead atoms. The maximum absolute atomic E-state index is 5.54. The monoisotopic (exact) mass is 505 g/mol. The van der Waals surface area contributed by atoms with Crippen LogP contribution in [-0.2, 0) is 6.54 Å². The fourth-order valence-corrected chi connectivity index (χ4v) is 5.04. The molecular formula is C30H31N7O. The van der Waals surface area contributed by atoms with E-state index in [9.17, 15) is 0 Å². The SMILES string of the molecule is COc1ccccc1-c1cc(Nc2ccc(N3CCN(C)CC3)c(Cn3cnc4ccccc43)c2)ncn1. The van der Waals surface area contributed by atoms with Crippen LogP contribution in [0.3, 0.4) is 0 Å². The highest BCUT2D eigenvalue weighted by Crippen LogP contribution is 2.31. The van der Waals surface area contributed by atoms with Gasteiger partial charge in [-0.15, -0.1) is 0 Å². The van der Waals surface area contributed by atoms with Crippen LogP contribution in [0.5, 0.6) is 5.75 Å². The molecule has 1 saturated heterocycles. The minimum absolute atomic E-state index is 0.729. The van der Waals surface area contributed by atoms with Crippen molar-refractivity contribution in [3.05, 3.63) is 91.0 Å². The Morgan fingerprint density at radius 1 is 0.868 bits per heavy atom. The lowest BCUT2D eigenvalue weighted by atomic mass is 10.1. The number of likely N-dealkylation sites (N-methyl/N-ethyl adjacent to an activating group) is 1. The quantitative estimate of drug-likeness (QED) is 0.332. The number of methoxy groups -OCH3 is 1. The molecule has 38 heavy (non-hydrogen) atoms. The molecule has 1 aliphatic heterocycles. The van der Waals surface area contributed by atoms with Gasteiger partial charge in [0.25, 0.3) is 0 Å². The minimum Gasteiger partial charge on any atom is -0.496 e. The van der Waals surface area contributed by atoms with Gasteiger partial charge in [-0.1, -0.05) is 24.3 Å². The first-order valence-corrected chi connectivity index (χ1v) is 12.9. The summed E-state index contributed by atoms with van der Waals surface area (Å²) in [5.74, 6) is 1.51. The van der Waals surface area contributed by atoms with Crippen LogP contribution in [0.2, 0.25) is 0 Å². The molecule has 5 aromatic rings. The third kappa shape index (κ3) is 4.90. The van der Waals surface area contributed by atoms with Crippen LogP contribution in [0.25, 0.3) is 22.3 Å². The molecule has 1 aliphatic rings. The number of nitrogens with zero attached hydrogens (tertiary/aromatic N) is 6. The molecule has 0 aliphatic carbocycles. The first kappa shape index (κ1) is 23.9. The molecule has 1 N–H and O–H groups in total. The number of para-hydroxylation sites is 3. The zero-order valence-electron chi connectivity index (χ0n) is 21.7. The Morgan fingerprint density at radius 3 is 2.55 bits per heavy atom. The van der Waals surface area contributed by atoms with Gasteiger partial charge in [0.15, 0.2) is 0 Å². The standard InChI is InChI=1S/C30H31N7O/c1-35-13-15-36(16-14-35)27-12-11-23(17-22(27)19-37-21-33-25-8-4-5-9-28(25)37)34-30-18-26(31-20-32-30)24-7-3-6-10-29(24)38-2/h3-12,17-18,20-21H,13-16,19H2,1-2H3,(H,31,32,34). The average molecular weight is 506 g/mol. The molecule has 6 rings (SSSR count). The van der Waals surface area contributed by atoms with Gasteiger partial charge < -0.3 is 24.4 Å². The Labute approximate surface area is 222 Å². The Balaban J connectivity index is 1.33. The van der Waals surface area contributed by atoms with Crippen molar-refractivity contribution in [2.24, 2.45) is 0 Å². The van der Waals surface area contributed by atoms with E-state index in [1.165, 1.54) is 11.3 Å². The highest BCUT2D eigenvalue weighted by molar-refractivity contribution is 5.76. The van der Waals surface area contributed by atoms with E-state index in [1.807, 2.05) is 42.7 Å². The number of imidazole rings is 1. The molecule has 0 atom stereocenters. The largest absolute Gasteiger partial charge is 0.496 e. The number of hydrogen-bond donors (Lipinski definition) is 1. The first-order chi connectivity index (χ1) is 18.7. The maximum atomic E-state index is 5.54. The van der Waals surface area contributed by atoms with E-state index >= 15 is 0 Å². The molecule has 0 unspecified atom stereocenters. The number of fused-ring (bicyclic) bond motifs is 1. The van der Waals surface area contributed by atoms with Crippen LogP contribution < -0.4 is 15.0 Å². The van der Waals surface area contributed by atoms with E-state index in [1.54, 1.807) is 13.4 Å². The number of benzene rings is 3. The summed E-state index contributed by atoms with van der Waals surface area (Å²) in [4.78, 5) is 18.5. The lowest BCUT2D eigenvalue weighted by molar-refractivity contribution is 0.312. The van der Waals surface area contributed by atoms with Crippen molar-refractivity contribution >= 4 is 28.2 Å². The molecule has 0 saturated carbocycles. The van der Waals surface area contributed by atoms with Crippen LogP contribution in [-0.4, -0.2) is 64.8 Å². The number of ether oxygens (including phenoxy) is 1. The van der Waals surface area contributed by atoms with Gasteiger partial charge in [0, 0.05) is 49.2 Å². The third-order valence-electron chi connectivity index (χ3n) is 7.11. The molecular weight excluding hydrogens is 474 g/mol. The molecule has 2 aromatic heterocycles. The number of anilines is 3. The highest BCUT2D eigenvalue weighted by atomic mass is 16.5. The Morgan fingerprint density at radius 2 is 1.68 bits per heavy atom. The number of aromatic nitrogens is 4. The predicted molar refractivity (Wildman–Crippen MR) is 152 cm³/mol. The summed E-state index contributed by atoms with van der Waals surface area (Å²) in [5.41, 5.74) is 7.35. The first-order valence-electron chi connectivity index (χ1n) is 12.9. The van der Waals surface area contributed by atoms with Crippen molar-refractivity contribution in [2.75, 3.05) is 50.6 Å². The predicted octanol–water partition coefficient (Wildman–Crippen LogP) is 5.05. The van der Waals surface area contributed by atoms with Crippen LogP contribution in [0.15, 0.2) is 85.5 Å². The molecule has 8 heteroatoms. The van der Waals surface area contributed by atoms with E-state index in [0.717, 1.165) is 72.3 Å². The molecule has 0 radical (unpaired) electrons. The van der Waals surface area contributed by atoms with Crippen LogP contribution in [0, 0.1) is 0 Å². The van der Waals surface area contributed by atoms with Crippen LogP contribution in [0.1, 0.15) is 5.56 Å². The van der Waals surface area contributed by atoms with Crippen LogP contribution >= 0.6 is 0 Å². The number of piperazine rings is 1. The van der Waals surface area contributed by atoms with Crippen molar-refractivity contribution in [2.45, 2.75) is 6.54 Å². The topological polar surface area (TPSA) is 71.3 Å². The van der Waals surface area contributed by atoms with Gasteiger partial charge in [0.1, 0.15) is 17.9 Å². The van der Waals surface area contributed by atoms with E-state index in [2.05, 4.69) is 78.1 Å². The number of hydrogen-bond acceptors (Lipinski definition) is 7. The van der Waals surface area contributed by atoms with Crippen molar-refractivity contribution in [3.8, 4) is 17.0 Å². The van der Waals surface area contributed by atoms with Crippen molar-refractivity contribution in [3.63, 3.8) is 0 Å². The van der Waals surface area contributed by atoms with Crippen molar-refractivity contribution in [1.82, 2.24) is 24.4 Å². The lowest BCUT2D eigenvalue weighted by Crippen LogP contribution is -2.44. The average Bonchev–Trinajstić information content (AvgIpc) is 3.37. The van der Waals surface area contributed by atoms with Crippen molar-refractivity contribution in [1.29, 1.82) is 0 Å². The van der Waals surface area contributed by atoms with Gasteiger partial charge in [0.2, 0.25) is 0 Å². The summed E-state index contributed by atoms with van der Waals surface area (Å²) in [5, 5.41) is 3.50. The van der Waals surface area contributed by atoms with Gasteiger partial charge >= 0.3 is 0 Å². The Hall–Kier alpha value is -4.43. The van der Waals surface area contributed by atoms with Gasteiger partial charge in [-0.3, -0.25) is 0 Å². The normalized spacial score (nSPS) is 14.1. The number of rotatable bonds is 7. The zero-order chi connectivity index (χ0) is 25.9. The summed E-state index contributed by atoms with van der Waals surface area (Å²) < 4.78 is 7.76. The van der Waals surface area contributed by atoms with Gasteiger partial charge in [-0.2, -0.15) is 0 Å². The second-order valence-corrected chi connectivity index (χ2v) is 9.61. The highest BCUT2D eigenvalue weighted by Gasteiger charge is 2.18.